The molecule has 164 valence electrons. The van der Waals surface area contributed by atoms with Crippen molar-refractivity contribution in [1.29, 1.82) is 0 Å². The van der Waals surface area contributed by atoms with Gasteiger partial charge < -0.3 is 14.3 Å². The summed E-state index contributed by atoms with van der Waals surface area (Å²) in [6, 6.07) is 7.51. The van der Waals surface area contributed by atoms with Gasteiger partial charge in [0.15, 0.2) is 11.4 Å². The predicted molar refractivity (Wildman–Crippen MR) is 124 cm³/mol. The Morgan fingerprint density at radius 3 is 2.17 bits per heavy atom. The van der Waals surface area contributed by atoms with Gasteiger partial charge in [-0.05, 0) is 67.7 Å². The third-order valence-corrected chi connectivity index (χ3v) is 11.5. The van der Waals surface area contributed by atoms with Crippen LogP contribution in [0.2, 0.25) is 18.1 Å². The molecular formula is C25H36O4Si. The van der Waals surface area contributed by atoms with E-state index in [1.165, 1.54) is 7.11 Å². The van der Waals surface area contributed by atoms with Crippen LogP contribution in [0.4, 0.5) is 0 Å². The minimum atomic E-state index is -1.97. The summed E-state index contributed by atoms with van der Waals surface area (Å²) >= 11 is 0. The molecule has 2 atom stereocenters. The topological polar surface area (TPSA) is 55.8 Å². The highest BCUT2D eigenvalue weighted by molar-refractivity contribution is 6.74. The lowest BCUT2D eigenvalue weighted by atomic mass is 9.66. The monoisotopic (exact) mass is 428 g/mol. The first-order valence-corrected chi connectivity index (χ1v) is 13.2. The van der Waals surface area contributed by atoms with Crippen LogP contribution >= 0.6 is 0 Å². The lowest BCUT2D eigenvalue weighted by Gasteiger charge is -2.45. The summed E-state index contributed by atoms with van der Waals surface area (Å²) < 4.78 is 12.2. The van der Waals surface area contributed by atoms with Crippen LogP contribution in [0.1, 0.15) is 53.5 Å². The molecule has 2 rings (SSSR count). The second kappa shape index (κ2) is 7.97. The molecule has 0 aromatic heterocycles. The number of carbonyl (C=O) groups excluding carboxylic acids is 1. The average molecular weight is 429 g/mol. The van der Waals surface area contributed by atoms with Gasteiger partial charge in [-0.3, -0.25) is 4.79 Å². The van der Waals surface area contributed by atoms with Crippen LogP contribution in [-0.4, -0.2) is 31.9 Å². The summed E-state index contributed by atoms with van der Waals surface area (Å²) in [6.07, 6.45) is 0.0787. The molecule has 1 aliphatic rings. The van der Waals surface area contributed by atoms with Crippen molar-refractivity contribution >= 4 is 14.1 Å². The first-order chi connectivity index (χ1) is 13.7. The van der Waals surface area contributed by atoms with Crippen LogP contribution in [-0.2, 0) is 15.1 Å². The van der Waals surface area contributed by atoms with E-state index in [1.54, 1.807) is 20.8 Å². The fourth-order valence-corrected chi connectivity index (χ4v) is 4.70. The summed E-state index contributed by atoms with van der Waals surface area (Å²) in [6.45, 7) is 20.0. The summed E-state index contributed by atoms with van der Waals surface area (Å²) in [7, 11) is -0.457. The van der Waals surface area contributed by atoms with Gasteiger partial charge in [-0.2, -0.15) is 0 Å². The first kappa shape index (κ1) is 24.4. The number of benzene rings is 1. The number of aliphatic hydroxyl groups is 1. The minimum Gasteiger partial charge on any atom is -0.544 e. The second-order valence-corrected chi connectivity index (χ2v) is 14.6. The maximum Gasteiger partial charge on any atom is 0.250 e. The smallest absolute Gasteiger partial charge is 0.250 e. The Morgan fingerprint density at radius 1 is 1.20 bits per heavy atom. The molecule has 0 saturated carbocycles. The molecule has 0 bridgehead atoms. The second-order valence-electron chi connectivity index (χ2n) is 9.84. The number of ketones is 1. The predicted octanol–water partition coefficient (Wildman–Crippen LogP) is 5.68. The third-order valence-electron chi connectivity index (χ3n) is 7.13. The highest BCUT2D eigenvalue weighted by Crippen LogP contribution is 2.48. The first-order valence-electron chi connectivity index (χ1n) is 10.3. The summed E-state index contributed by atoms with van der Waals surface area (Å²) in [4.78, 5) is 13.4. The quantitative estimate of drug-likeness (QED) is 0.484. The minimum absolute atomic E-state index is 0.0787. The van der Waals surface area contributed by atoms with Crippen molar-refractivity contribution in [2.75, 3.05) is 7.11 Å². The SMILES string of the molecule is C=C=C(C)[C@@]1(O)C[C@@](OC)(c2ccc(O[Si](C)(C)C(C)(C)C)cc2)C(=O)C(C)=C1C. The Morgan fingerprint density at radius 2 is 1.73 bits per heavy atom. The zero-order valence-electron chi connectivity index (χ0n) is 19.9. The van der Waals surface area contributed by atoms with Gasteiger partial charge in [-0.15, -0.1) is 5.73 Å². The van der Waals surface area contributed by atoms with Crippen molar-refractivity contribution in [2.24, 2.45) is 0 Å². The molecule has 1 N–H and O–H groups in total. The van der Waals surface area contributed by atoms with E-state index in [-0.39, 0.29) is 17.2 Å². The highest BCUT2D eigenvalue weighted by atomic mass is 28.4. The van der Waals surface area contributed by atoms with Crippen molar-refractivity contribution in [2.45, 2.75) is 77.3 Å². The largest absolute Gasteiger partial charge is 0.544 e. The zero-order valence-corrected chi connectivity index (χ0v) is 20.9. The van der Waals surface area contributed by atoms with E-state index in [9.17, 15) is 9.90 Å². The molecule has 4 nitrogen and oxygen atoms in total. The number of carbonyl (C=O) groups is 1. The summed E-state index contributed by atoms with van der Waals surface area (Å²) in [5.74, 6) is 0.642. The fourth-order valence-electron chi connectivity index (χ4n) is 3.67. The Balaban J connectivity index is 2.53. The molecule has 0 saturated heterocycles. The molecule has 0 amide bonds. The number of hydrogen-bond acceptors (Lipinski definition) is 4. The van der Waals surface area contributed by atoms with Crippen molar-refractivity contribution in [3.63, 3.8) is 0 Å². The van der Waals surface area contributed by atoms with Crippen molar-refractivity contribution in [3.05, 3.63) is 58.9 Å². The number of rotatable bonds is 5. The van der Waals surface area contributed by atoms with E-state index in [0.29, 0.717) is 22.3 Å². The summed E-state index contributed by atoms with van der Waals surface area (Å²) in [5, 5.41) is 11.6. The van der Waals surface area contributed by atoms with Crippen molar-refractivity contribution < 1.29 is 19.1 Å². The van der Waals surface area contributed by atoms with Crippen LogP contribution in [0.15, 0.2) is 53.3 Å². The molecule has 0 heterocycles. The van der Waals surface area contributed by atoms with Gasteiger partial charge in [0.2, 0.25) is 8.32 Å². The van der Waals surface area contributed by atoms with E-state index in [0.717, 1.165) is 5.75 Å². The Bertz CT molecular complexity index is 913. The molecule has 5 heteroatoms. The normalized spacial score (nSPS) is 25.2. The van der Waals surface area contributed by atoms with Gasteiger partial charge in [0, 0.05) is 19.1 Å². The number of hydrogen-bond donors (Lipinski definition) is 1. The van der Waals surface area contributed by atoms with Gasteiger partial charge in [-0.25, -0.2) is 0 Å². The molecule has 1 aromatic carbocycles. The molecule has 0 radical (unpaired) electrons. The van der Waals surface area contributed by atoms with E-state index >= 15 is 0 Å². The van der Waals surface area contributed by atoms with Gasteiger partial charge in [0.25, 0.3) is 0 Å². The molecule has 30 heavy (non-hydrogen) atoms. The van der Waals surface area contributed by atoms with E-state index in [4.69, 9.17) is 9.16 Å². The number of Topliss-reactive ketones (excluding diaryl/α,β-unsaturated/α-hetero) is 1. The van der Waals surface area contributed by atoms with Crippen LogP contribution in [0.25, 0.3) is 0 Å². The van der Waals surface area contributed by atoms with Crippen LogP contribution < -0.4 is 4.43 Å². The van der Waals surface area contributed by atoms with Gasteiger partial charge in [0.05, 0.1) is 0 Å². The van der Waals surface area contributed by atoms with Crippen molar-refractivity contribution in [1.82, 2.24) is 0 Å². The lowest BCUT2D eigenvalue weighted by molar-refractivity contribution is -0.147. The van der Waals surface area contributed by atoms with E-state index in [1.807, 2.05) is 24.3 Å². The van der Waals surface area contributed by atoms with Gasteiger partial charge in [-0.1, -0.05) is 39.5 Å². The third kappa shape index (κ3) is 3.88. The van der Waals surface area contributed by atoms with Crippen LogP contribution in [0, 0.1) is 0 Å². The summed E-state index contributed by atoms with van der Waals surface area (Å²) in [5.41, 5.74) is 2.56. The molecule has 0 spiro atoms. The fraction of sp³-hybridized carbons (Fsp3) is 0.520. The zero-order chi connectivity index (χ0) is 23.1. The van der Waals surface area contributed by atoms with Crippen LogP contribution in [0.3, 0.4) is 0 Å². The van der Waals surface area contributed by atoms with Gasteiger partial charge in [0.1, 0.15) is 11.4 Å². The Hall–Kier alpha value is -1.91. The average Bonchev–Trinajstić information content (AvgIpc) is 2.68. The highest BCUT2D eigenvalue weighted by Gasteiger charge is 2.53. The number of methoxy groups -OCH3 is 1. The standard InChI is InChI=1S/C25H36O4Si/c1-11-17(2)24(27)16-25(28-8,22(26)18(3)19(24)4)20-12-14-21(15-13-20)29-30(9,10)23(5,6)7/h12-15,27H,1,16H2,2-10H3/t24-,25+/m0/s1. The van der Waals surface area contributed by atoms with E-state index in [2.05, 4.69) is 46.2 Å². The van der Waals surface area contributed by atoms with Crippen molar-refractivity contribution in [3.8, 4) is 5.75 Å². The molecular weight excluding hydrogens is 392 g/mol. The Kier molecular flexibility index (Phi) is 6.47. The maximum atomic E-state index is 13.4. The van der Waals surface area contributed by atoms with E-state index < -0.39 is 19.5 Å². The van der Waals surface area contributed by atoms with Crippen LogP contribution in [0.5, 0.6) is 5.75 Å². The molecule has 1 aromatic rings. The number of ether oxygens (including phenoxy) is 1. The van der Waals surface area contributed by atoms with Gasteiger partial charge >= 0.3 is 0 Å². The molecule has 0 fully saturated rings. The molecule has 1 aliphatic carbocycles. The lowest BCUT2D eigenvalue weighted by Crippen LogP contribution is -2.52. The molecule has 0 unspecified atom stereocenters. The Labute approximate surface area is 182 Å². The molecule has 0 aliphatic heterocycles. The maximum absolute atomic E-state index is 13.4.